The van der Waals surface area contributed by atoms with Crippen molar-refractivity contribution in [1.82, 2.24) is 4.90 Å². The summed E-state index contributed by atoms with van der Waals surface area (Å²) in [5, 5.41) is 10.0. The summed E-state index contributed by atoms with van der Waals surface area (Å²) in [6.07, 6.45) is 1.09. The van der Waals surface area contributed by atoms with Gasteiger partial charge in [0.15, 0.2) is 5.60 Å². The first-order chi connectivity index (χ1) is 18.4. The van der Waals surface area contributed by atoms with E-state index in [0.717, 1.165) is 25.9 Å². The first-order valence-corrected chi connectivity index (χ1v) is 14.3. The van der Waals surface area contributed by atoms with Gasteiger partial charge in [-0.1, -0.05) is 61.5 Å². The van der Waals surface area contributed by atoms with Crippen LogP contribution in [0.2, 0.25) is 0 Å². The predicted molar refractivity (Wildman–Crippen MR) is 153 cm³/mol. The Bertz CT molecular complexity index is 1380. The fourth-order valence-corrected chi connectivity index (χ4v) is 6.79. The standard InChI is InChI=1S/C31H31IN2O4/c1-20-14-26(16-29(36)33-18-23-7-3-2-6-22(23)15-25(33)19-35)38-31(20)27-8-4-5-9-28(27)34(30(31)37)17-21-10-12-24(32)13-11-21/h2-13,20,25-26,35H,14-19H2,1H3/t20-,25+,26-,31+/m1/s1. The summed E-state index contributed by atoms with van der Waals surface area (Å²) < 4.78 is 7.80. The number of amides is 2. The van der Waals surface area contributed by atoms with Crippen molar-refractivity contribution in [3.8, 4) is 0 Å². The maximum absolute atomic E-state index is 14.1. The van der Waals surface area contributed by atoms with E-state index in [1.807, 2.05) is 59.5 Å². The van der Waals surface area contributed by atoms with E-state index in [0.29, 0.717) is 25.9 Å². The molecule has 0 saturated carbocycles. The van der Waals surface area contributed by atoms with E-state index in [1.54, 1.807) is 4.90 Å². The number of benzene rings is 3. The second kappa shape index (κ2) is 10.1. The highest BCUT2D eigenvalue weighted by molar-refractivity contribution is 14.1. The lowest BCUT2D eigenvalue weighted by atomic mass is 9.83. The summed E-state index contributed by atoms with van der Waals surface area (Å²) in [6.45, 7) is 2.94. The zero-order chi connectivity index (χ0) is 26.4. The summed E-state index contributed by atoms with van der Waals surface area (Å²) in [7, 11) is 0. The summed E-state index contributed by atoms with van der Waals surface area (Å²) in [4.78, 5) is 31.3. The maximum Gasteiger partial charge on any atom is 0.264 e. The molecule has 0 unspecified atom stereocenters. The molecule has 6 nitrogen and oxygen atoms in total. The number of para-hydroxylation sites is 1. The van der Waals surface area contributed by atoms with Crippen molar-refractivity contribution >= 4 is 40.1 Å². The lowest BCUT2D eigenvalue weighted by Gasteiger charge is -2.36. The van der Waals surface area contributed by atoms with Crippen molar-refractivity contribution in [2.24, 2.45) is 5.92 Å². The smallest absolute Gasteiger partial charge is 0.264 e. The van der Waals surface area contributed by atoms with Crippen molar-refractivity contribution in [3.63, 3.8) is 0 Å². The number of fused-ring (bicyclic) bond motifs is 3. The third-order valence-electron chi connectivity index (χ3n) is 8.36. The number of hydrogen-bond acceptors (Lipinski definition) is 4. The summed E-state index contributed by atoms with van der Waals surface area (Å²) in [5.41, 5.74) is 4.04. The van der Waals surface area contributed by atoms with Gasteiger partial charge in [0, 0.05) is 21.6 Å². The Balaban J connectivity index is 1.24. The molecular formula is C31H31IN2O4. The van der Waals surface area contributed by atoms with Gasteiger partial charge >= 0.3 is 0 Å². The first kappa shape index (κ1) is 25.5. The Morgan fingerprint density at radius 1 is 1.05 bits per heavy atom. The fourth-order valence-electron chi connectivity index (χ4n) is 6.43. The van der Waals surface area contributed by atoms with Crippen LogP contribution in [0, 0.1) is 9.49 Å². The lowest BCUT2D eigenvalue weighted by molar-refractivity contribution is -0.151. The molecule has 3 heterocycles. The van der Waals surface area contributed by atoms with Gasteiger partial charge in [-0.3, -0.25) is 9.59 Å². The van der Waals surface area contributed by atoms with Gasteiger partial charge in [0.05, 0.1) is 37.4 Å². The molecule has 0 aromatic heterocycles. The molecule has 1 N–H and O–H groups in total. The quantitative estimate of drug-likeness (QED) is 0.416. The average Bonchev–Trinajstić information content (AvgIpc) is 3.38. The summed E-state index contributed by atoms with van der Waals surface area (Å²) >= 11 is 2.28. The fraction of sp³-hybridized carbons (Fsp3) is 0.355. The highest BCUT2D eigenvalue weighted by Gasteiger charge is 2.60. The average molecular weight is 623 g/mol. The van der Waals surface area contributed by atoms with Crippen LogP contribution in [-0.2, 0) is 39.4 Å². The largest absolute Gasteiger partial charge is 0.394 e. The van der Waals surface area contributed by atoms with E-state index >= 15 is 0 Å². The van der Waals surface area contributed by atoms with Crippen molar-refractivity contribution in [3.05, 3.63) is 98.6 Å². The molecular weight excluding hydrogens is 591 g/mol. The number of nitrogens with zero attached hydrogens (tertiary/aromatic N) is 2. The summed E-state index contributed by atoms with van der Waals surface area (Å²) in [6, 6.07) is 23.9. The van der Waals surface area contributed by atoms with Gasteiger partial charge in [-0.05, 0) is 70.3 Å². The van der Waals surface area contributed by atoms with E-state index in [4.69, 9.17) is 4.74 Å². The molecule has 1 fully saturated rings. The Hall–Kier alpha value is -2.75. The normalized spacial score (nSPS) is 26.1. The number of anilines is 1. The molecule has 3 aromatic rings. The molecule has 38 heavy (non-hydrogen) atoms. The van der Waals surface area contributed by atoms with Gasteiger partial charge < -0.3 is 19.6 Å². The highest BCUT2D eigenvalue weighted by atomic mass is 127. The molecule has 0 aliphatic carbocycles. The minimum atomic E-state index is -1.09. The molecule has 3 aliphatic rings. The third kappa shape index (κ3) is 4.25. The van der Waals surface area contributed by atoms with Crippen LogP contribution in [0.15, 0.2) is 72.8 Å². The molecule has 3 aliphatic heterocycles. The highest BCUT2D eigenvalue weighted by Crippen LogP contribution is 2.53. The van der Waals surface area contributed by atoms with Crippen molar-refractivity contribution in [2.75, 3.05) is 11.5 Å². The Kier molecular flexibility index (Phi) is 6.78. The SMILES string of the molecule is C[C@@H]1C[C@H](CC(=O)N2Cc3ccccc3C[C@H]2CO)O[C@@]12C(=O)N(Cc1ccc(I)cc1)c1ccccc12. The molecule has 1 spiro atoms. The molecule has 7 heteroatoms. The van der Waals surface area contributed by atoms with Crippen molar-refractivity contribution < 1.29 is 19.4 Å². The van der Waals surface area contributed by atoms with Crippen LogP contribution in [0.4, 0.5) is 5.69 Å². The van der Waals surface area contributed by atoms with Crippen LogP contribution in [0.3, 0.4) is 0 Å². The van der Waals surface area contributed by atoms with E-state index in [2.05, 4.69) is 47.7 Å². The molecule has 2 amide bonds. The maximum atomic E-state index is 14.1. The molecule has 196 valence electrons. The number of carbonyl (C=O) groups is 2. The first-order valence-electron chi connectivity index (χ1n) is 13.2. The molecule has 4 atom stereocenters. The number of aliphatic hydroxyl groups is 1. The van der Waals surface area contributed by atoms with E-state index in [1.165, 1.54) is 5.56 Å². The summed E-state index contributed by atoms with van der Waals surface area (Å²) in [5.74, 6) is -0.173. The Morgan fingerprint density at radius 3 is 2.53 bits per heavy atom. The van der Waals surface area contributed by atoms with Crippen LogP contribution >= 0.6 is 22.6 Å². The van der Waals surface area contributed by atoms with Gasteiger partial charge in [0.2, 0.25) is 5.91 Å². The lowest BCUT2D eigenvalue weighted by Crippen LogP contribution is -2.47. The van der Waals surface area contributed by atoms with Crippen molar-refractivity contribution in [1.29, 1.82) is 0 Å². The molecule has 3 aromatic carbocycles. The zero-order valence-corrected chi connectivity index (χ0v) is 23.5. The molecule has 0 radical (unpaired) electrons. The van der Waals surface area contributed by atoms with Gasteiger partial charge in [-0.25, -0.2) is 0 Å². The number of rotatable bonds is 5. The van der Waals surface area contributed by atoms with E-state index in [-0.39, 0.29) is 42.9 Å². The number of aliphatic hydroxyl groups excluding tert-OH is 1. The minimum absolute atomic E-state index is 0.0396. The van der Waals surface area contributed by atoms with E-state index < -0.39 is 5.60 Å². The Morgan fingerprint density at radius 2 is 1.76 bits per heavy atom. The second-order valence-electron chi connectivity index (χ2n) is 10.7. The third-order valence-corrected chi connectivity index (χ3v) is 9.08. The number of hydrogen-bond donors (Lipinski definition) is 1. The van der Waals surface area contributed by atoms with Crippen LogP contribution in [0.5, 0.6) is 0 Å². The monoisotopic (exact) mass is 622 g/mol. The van der Waals surface area contributed by atoms with Crippen LogP contribution in [0.25, 0.3) is 0 Å². The topological polar surface area (TPSA) is 70.1 Å². The van der Waals surface area contributed by atoms with Gasteiger partial charge in [-0.2, -0.15) is 0 Å². The van der Waals surface area contributed by atoms with Crippen LogP contribution in [0.1, 0.15) is 42.0 Å². The number of carbonyl (C=O) groups excluding carboxylic acids is 2. The number of ether oxygens (including phenoxy) is 1. The predicted octanol–water partition coefficient (Wildman–Crippen LogP) is 4.79. The second-order valence-corrected chi connectivity index (χ2v) is 11.9. The van der Waals surface area contributed by atoms with Gasteiger partial charge in [-0.15, -0.1) is 0 Å². The minimum Gasteiger partial charge on any atom is -0.394 e. The van der Waals surface area contributed by atoms with E-state index in [9.17, 15) is 14.7 Å². The van der Waals surface area contributed by atoms with Crippen molar-refractivity contribution in [2.45, 2.75) is 57.0 Å². The number of halogens is 1. The van der Waals surface area contributed by atoms with Crippen LogP contribution in [-0.4, -0.2) is 40.6 Å². The van der Waals surface area contributed by atoms with Crippen LogP contribution < -0.4 is 4.90 Å². The molecule has 0 bridgehead atoms. The van der Waals surface area contributed by atoms with Gasteiger partial charge in [0.25, 0.3) is 5.91 Å². The molecule has 6 rings (SSSR count). The Labute approximate surface area is 236 Å². The van der Waals surface area contributed by atoms with Gasteiger partial charge in [0.1, 0.15) is 0 Å². The molecule has 1 saturated heterocycles. The zero-order valence-electron chi connectivity index (χ0n) is 21.3.